The van der Waals surface area contributed by atoms with Crippen molar-refractivity contribution in [2.45, 2.75) is 6.54 Å². The Morgan fingerprint density at radius 1 is 1.29 bits per heavy atom. The third-order valence-electron chi connectivity index (χ3n) is 2.10. The van der Waals surface area contributed by atoms with Crippen LogP contribution in [0.4, 0.5) is 11.8 Å². The van der Waals surface area contributed by atoms with Crippen molar-refractivity contribution >= 4 is 23.4 Å². The molecule has 1 heterocycles. The fourth-order valence-electron chi connectivity index (χ4n) is 1.21. The van der Waals surface area contributed by atoms with Gasteiger partial charge in [-0.05, 0) is 17.7 Å². The highest BCUT2D eigenvalue weighted by Gasteiger charge is 2.00. The van der Waals surface area contributed by atoms with E-state index in [0.29, 0.717) is 11.6 Å². The summed E-state index contributed by atoms with van der Waals surface area (Å²) in [4.78, 5) is 13.6. The molecule has 0 radical (unpaired) electrons. The monoisotopic (exact) mass is 251 g/mol. The number of aromatic nitrogens is 3. The molecule has 0 aliphatic carbocycles. The summed E-state index contributed by atoms with van der Waals surface area (Å²) in [6, 6.07) is 7.32. The van der Waals surface area contributed by atoms with Gasteiger partial charge in [-0.15, -0.1) is 10.2 Å². The number of nitrogens with one attached hydrogen (secondary N) is 2. The molecule has 0 bridgehead atoms. The summed E-state index contributed by atoms with van der Waals surface area (Å²) < 4.78 is 0. The van der Waals surface area contributed by atoms with Gasteiger partial charge in [-0.1, -0.05) is 23.7 Å². The summed E-state index contributed by atoms with van der Waals surface area (Å²) in [6.45, 7) is 0.506. The van der Waals surface area contributed by atoms with E-state index in [4.69, 9.17) is 17.3 Å². The van der Waals surface area contributed by atoms with Crippen molar-refractivity contribution in [2.75, 3.05) is 11.1 Å². The zero-order valence-electron chi connectivity index (χ0n) is 8.77. The number of hydrogen-bond donors (Lipinski definition) is 3. The van der Waals surface area contributed by atoms with Crippen LogP contribution in [0.25, 0.3) is 0 Å². The number of rotatable bonds is 3. The molecule has 6 nitrogen and oxygen atoms in total. The lowest BCUT2D eigenvalue weighted by Gasteiger charge is -2.04. The zero-order valence-corrected chi connectivity index (χ0v) is 9.53. The highest BCUT2D eigenvalue weighted by molar-refractivity contribution is 6.30. The topological polar surface area (TPSA) is 96.7 Å². The second kappa shape index (κ2) is 4.84. The molecule has 0 unspecified atom stereocenters. The van der Waals surface area contributed by atoms with Gasteiger partial charge >= 0.3 is 0 Å². The summed E-state index contributed by atoms with van der Waals surface area (Å²) in [5, 5.41) is 10.8. The van der Waals surface area contributed by atoms with Gasteiger partial charge in [-0.3, -0.25) is 9.78 Å². The second-order valence-corrected chi connectivity index (χ2v) is 3.80. The highest BCUT2D eigenvalue weighted by Crippen LogP contribution is 2.10. The van der Waals surface area contributed by atoms with E-state index in [1.807, 2.05) is 12.1 Å². The van der Waals surface area contributed by atoms with Crippen LogP contribution in [0.3, 0.4) is 0 Å². The number of halogens is 1. The average Bonchev–Trinajstić information content (AvgIpc) is 2.33. The highest BCUT2D eigenvalue weighted by atomic mass is 35.5. The minimum absolute atomic E-state index is 0.151. The van der Waals surface area contributed by atoms with Crippen LogP contribution in [-0.2, 0) is 6.54 Å². The SMILES string of the molecule is Nc1nnc(NCc2ccc(Cl)cc2)[nH]c1=O. The first-order valence-corrected chi connectivity index (χ1v) is 5.24. The van der Waals surface area contributed by atoms with E-state index >= 15 is 0 Å². The summed E-state index contributed by atoms with van der Waals surface area (Å²) in [7, 11) is 0. The molecule has 1 aromatic heterocycles. The van der Waals surface area contributed by atoms with Crippen LogP contribution in [0.15, 0.2) is 29.1 Å². The molecule has 0 amide bonds. The van der Waals surface area contributed by atoms with Crippen LogP contribution >= 0.6 is 11.6 Å². The number of aromatic amines is 1. The molecule has 2 aromatic rings. The van der Waals surface area contributed by atoms with Crippen molar-refractivity contribution in [1.82, 2.24) is 15.2 Å². The smallest absolute Gasteiger partial charge is 0.295 e. The van der Waals surface area contributed by atoms with Gasteiger partial charge in [0.1, 0.15) is 0 Å². The van der Waals surface area contributed by atoms with E-state index in [1.54, 1.807) is 12.1 Å². The van der Waals surface area contributed by atoms with Gasteiger partial charge in [0.05, 0.1) is 0 Å². The molecular formula is C10H10ClN5O. The Labute approximate surface area is 102 Å². The molecular weight excluding hydrogens is 242 g/mol. The molecule has 2 rings (SSSR count). The molecule has 0 aliphatic rings. The fourth-order valence-corrected chi connectivity index (χ4v) is 1.34. The van der Waals surface area contributed by atoms with Gasteiger partial charge < -0.3 is 11.1 Å². The normalized spacial score (nSPS) is 10.2. The number of hydrogen-bond acceptors (Lipinski definition) is 5. The molecule has 0 aliphatic heterocycles. The molecule has 0 spiro atoms. The van der Waals surface area contributed by atoms with Gasteiger partial charge in [0.2, 0.25) is 11.8 Å². The summed E-state index contributed by atoms with van der Waals surface area (Å²) >= 11 is 5.76. The predicted octanol–water partition coefficient (Wildman–Crippen LogP) is 1.01. The Morgan fingerprint density at radius 3 is 2.65 bits per heavy atom. The lowest BCUT2D eigenvalue weighted by atomic mass is 10.2. The molecule has 0 fully saturated rings. The number of nitrogens with two attached hydrogens (primary N) is 1. The first-order valence-electron chi connectivity index (χ1n) is 4.86. The van der Waals surface area contributed by atoms with Gasteiger partial charge in [-0.25, -0.2) is 0 Å². The molecule has 7 heteroatoms. The van der Waals surface area contributed by atoms with Crippen LogP contribution in [0.2, 0.25) is 5.02 Å². The number of nitrogen functional groups attached to an aromatic ring is 1. The fraction of sp³-hybridized carbons (Fsp3) is 0.100. The van der Waals surface area contributed by atoms with Crippen LogP contribution in [-0.4, -0.2) is 15.2 Å². The van der Waals surface area contributed by atoms with Crippen LogP contribution in [0, 0.1) is 0 Å². The maximum Gasteiger partial charge on any atom is 0.295 e. The first kappa shape index (κ1) is 11.4. The third-order valence-corrected chi connectivity index (χ3v) is 2.35. The minimum Gasteiger partial charge on any atom is -0.378 e. The Kier molecular flexibility index (Phi) is 3.24. The van der Waals surface area contributed by atoms with E-state index < -0.39 is 5.56 Å². The maximum atomic E-state index is 11.2. The maximum absolute atomic E-state index is 11.2. The van der Waals surface area contributed by atoms with Gasteiger partial charge in [0, 0.05) is 11.6 Å². The lowest BCUT2D eigenvalue weighted by molar-refractivity contribution is 0.935. The molecule has 0 saturated carbocycles. The predicted molar refractivity (Wildman–Crippen MR) is 65.8 cm³/mol. The number of benzene rings is 1. The summed E-state index contributed by atoms with van der Waals surface area (Å²) in [5.74, 6) is 0.126. The molecule has 1 aromatic carbocycles. The van der Waals surface area contributed by atoms with Gasteiger partial charge in [0.15, 0.2) is 0 Å². The standard InChI is InChI=1S/C10H10ClN5O/c11-7-3-1-6(2-4-7)5-13-10-14-9(17)8(12)15-16-10/h1-4H,5H2,(H2,12,15)(H2,13,14,16,17). The first-order chi connectivity index (χ1) is 8.15. The Morgan fingerprint density at radius 2 is 2.00 bits per heavy atom. The number of nitrogens with zero attached hydrogens (tertiary/aromatic N) is 2. The second-order valence-electron chi connectivity index (χ2n) is 3.37. The van der Waals surface area contributed by atoms with Gasteiger partial charge in [-0.2, -0.15) is 0 Å². The van der Waals surface area contributed by atoms with Crippen molar-refractivity contribution in [3.63, 3.8) is 0 Å². The number of anilines is 2. The molecule has 0 saturated heterocycles. The molecule has 88 valence electrons. The number of H-pyrrole nitrogens is 1. The Balaban J connectivity index is 2.04. The third kappa shape index (κ3) is 2.94. The lowest BCUT2D eigenvalue weighted by Crippen LogP contribution is -2.18. The van der Waals surface area contributed by atoms with Crippen LogP contribution in [0.1, 0.15) is 5.56 Å². The van der Waals surface area contributed by atoms with Gasteiger partial charge in [0.25, 0.3) is 5.56 Å². The summed E-state index contributed by atoms with van der Waals surface area (Å²) in [6.07, 6.45) is 0. The van der Waals surface area contributed by atoms with E-state index in [1.165, 1.54) is 0 Å². The van der Waals surface area contributed by atoms with E-state index in [2.05, 4.69) is 20.5 Å². The van der Waals surface area contributed by atoms with Crippen LogP contribution in [0.5, 0.6) is 0 Å². The molecule has 17 heavy (non-hydrogen) atoms. The van der Waals surface area contributed by atoms with Crippen LogP contribution < -0.4 is 16.6 Å². The molecule has 0 atom stereocenters. The van der Waals surface area contributed by atoms with Crippen molar-refractivity contribution in [3.05, 3.63) is 45.2 Å². The largest absolute Gasteiger partial charge is 0.378 e. The quantitative estimate of drug-likeness (QED) is 0.757. The minimum atomic E-state index is -0.460. The summed E-state index contributed by atoms with van der Waals surface area (Å²) in [5.41, 5.74) is 5.80. The van der Waals surface area contributed by atoms with E-state index in [0.717, 1.165) is 5.56 Å². The Bertz CT molecular complexity index is 566. The molecule has 4 N–H and O–H groups in total. The zero-order chi connectivity index (χ0) is 12.3. The van der Waals surface area contributed by atoms with Crippen molar-refractivity contribution in [3.8, 4) is 0 Å². The van der Waals surface area contributed by atoms with Crippen molar-refractivity contribution < 1.29 is 0 Å². The van der Waals surface area contributed by atoms with E-state index in [-0.39, 0.29) is 11.8 Å². The average molecular weight is 252 g/mol. The van der Waals surface area contributed by atoms with Crippen molar-refractivity contribution in [2.24, 2.45) is 0 Å². The van der Waals surface area contributed by atoms with E-state index in [9.17, 15) is 4.79 Å². The Hall–Kier alpha value is -2.08. The van der Waals surface area contributed by atoms with Crippen molar-refractivity contribution in [1.29, 1.82) is 0 Å².